The molecular formula is C6H14NO. The average Bonchev–Trinajstić information content (AvgIpc) is 1.81. The molecule has 0 spiro atoms. The van der Waals surface area contributed by atoms with Crippen molar-refractivity contribution in [3.63, 3.8) is 0 Å². The van der Waals surface area contributed by atoms with Gasteiger partial charge in [-0.2, -0.15) is 0 Å². The largest absolute Gasteiger partial charge is 0.396 e. The lowest BCUT2D eigenvalue weighted by molar-refractivity contribution is 0.286. The van der Waals surface area contributed by atoms with E-state index in [4.69, 9.17) is 5.11 Å². The molecule has 0 bridgehead atoms. The first-order chi connectivity index (χ1) is 3.91. The van der Waals surface area contributed by atoms with Crippen molar-refractivity contribution in [2.75, 3.05) is 19.7 Å². The zero-order valence-electron chi connectivity index (χ0n) is 5.19. The van der Waals surface area contributed by atoms with Crippen LogP contribution in [0.2, 0.25) is 0 Å². The summed E-state index contributed by atoms with van der Waals surface area (Å²) in [6, 6.07) is 0. The van der Waals surface area contributed by atoms with Gasteiger partial charge in [0, 0.05) is 6.61 Å². The van der Waals surface area contributed by atoms with E-state index in [0.29, 0.717) is 0 Å². The monoisotopic (exact) mass is 116 g/mol. The quantitative estimate of drug-likeness (QED) is 0.502. The second kappa shape index (κ2) is 6.92. The summed E-state index contributed by atoms with van der Waals surface area (Å²) >= 11 is 0. The Morgan fingerprint density at radius 3 is 2.62 bits per heavy atom. The Kier molecular flexibility index (Phi) is 6.85. The molecule has 0 aromatic heterocycles. The predicted molar refractivity (Wildman–Crippen MR) is 34.5 cm³/mol. The molecule has 0 saturated carbocycles. The smallest absolute Gasteiger partial charge is 0.0443 e. The lowest BCUT2D eigenvalue weighted by Gasteiger charge is -1.97. The third-order valence-electron chi connectivity index (χ3n) is 0.865. The van der Waals surface area contributed by atoms with E-state index >= 15 is 0 Å². The summed E-state index contributed by atoms with van der Waals surface area (Å²) in [5.41, 5.74) is 0. The molecule has 0 aromatic carbocycles. The summed E-state index contributed by atoms with van der Waals surface area (Å²) < 4.78 is 0. The SMILES string of the molecule is [CH2]CCNCCCO. The molecular weight excluding hydrogens is 102 g/mol. The van der Waals surface area contributed by atoms with E-state index in [1.165, 1.54) is 0 Å². The van der Waals surface area contributed by atoms with Crippen molar-refractivity contribution in [1.29, 1.82) is 0 Å². The number of nitrogens with one attached hydrogen (secondary N) is 1. The first-order valence-electron chi connectivity index (χ1n) is 3.02. The highest BCUT2D eigenvalue weighted by Gasteiger charge is 1.81. The van der Waals surface area contributed by atoms with Gasteiger partial charge in [0.05, 0.1) is 0 Å². The summed E-state index contributed by atoms with van der Waals surface area (Å²) in [5.74, 6) is 0. The summed E-state index contributed by atoms with van der Waals surface area (Å²) in [6.07, 6.45) is 1.77. The van der Waals surface area contributed by atoms with E-state index in [9.17, 15) is 0 Å². The molecule has 49 valence electrons. The van der Waals surface area contributed by atoms with Gasteiger partial charge in [-0.05, 0) is 25.9 Å². The number of rotatable bonds is 5. The van der Waals surface area contributed by atoms with Crippen molar-refractivity contribution in [3.05, 3.63) is 6.92 Å². The second-order valence-corrected chi connectivity index (χ2v) is 1.68. The third-order valence-corrected chi connectivity index (χ3v) is 0.865. The van der Waals surface area contributed by atoms with Gasteiger partial charge in [0.2, 0.25) is 0 Å². The molecule has 0 fully saturated rings. The van der Waals surface area contributed by atoms with Crippen LogP contribution in [-0.4, -0.2) is 24.8 Å². The maximum atomic E-state index is 8.31. The Balaban J connectivity index is 2.53. The standard InChI is InChI=1S/C6H14NO/c1-2-4-7-5-3-6-8/h7-8H,1-6H2. The van der Waals surface area contributed by atoms with E-state index < -0.39 is 0 Å². The van der Waals surface area contributed by atoms with Gasteiger partial charge in [-0.1, -0.05) is 6.92 Å². The van der Waals surface area contributed by atoms with Crippen LogP contribution in [0.4, 0.5) is 0 Å². The molecule has 2 nitrogen and oxygen atoms in total. The number of aliphatic hydroxyl groups excluding tert-OH is 1. The minimum absolute atomic E-state index is 0.282. The van der Waals surface area contributed by atoms with Gasteiger partial charge in [-0.15, -0.1) is 0 Å². The Bertz CT molecular complexity index is 33.5. The van der Waals surface area contributed by atoms with Crippen LogP contribution < -0.4 is 5.32 Å². The van der Waals surface area contributed by atoms with Crippen molar-refractivity contribution in [1.82, 2.24) is 5.32 Å². The fraction of sp³-hybridized carbons (Fsp3) is 0.833. The molecule has 0 aromatic rings. The maximum Gasteiger partial charge on any atom is 0.0443 e. The zero-order valence-corrected chi connectivity index (χ0v) is 5.19. The van der Waals surface area contributed by atoms with Crippen LogP contribution in [0, 0.1) is 6.92 Å². The van der Waals surface area contributed by atoms with Gasteiger partial charge in [-0.3, -0.25) is 0 Å². The van der Waals surface area contributed by atoms with Crippen LogP contribution in [0.25, 0.3) is 0 Å². The minimum atomic E-state index is 0.282. The van der Waals surface area contributed by atoms with Crippen LogP contribution in [0.3, 0.4) is 0 Å². The third kappa shape index (κ3) is 5.92. The van der Waals surface area contributed by atoms with Crippen molar-refractivity contribution >= 4 is 0 Å². The normalized spacial score (nSPS) is 9.75. The van der Waals surface area contributed by atoms with Gasteiger partial charge in [-0.25, -0.2) is 0 Å². The van der Waals surface area contributed by atoms with E-state index in [1.807, 2.05) is 0 Å². The highest BCUT2D eigenvalue weighted by molar-refractivity contribution is 4.47. The molecule has 0 aliphatic carbocycles. The summed E-state index contributed by atoms with van der Waals surface area (Å²) in [7, 11) is 0. The highest BCUT2D eigenvalue weighted by atomic mass is 16.3. The highest BCUT2D eigenvalue weighted by Crippen LogP contribution is 1.72. The Morgan fingerprint density at radius 1 is 1.38 bits per heavy atom. The zero-order chi connectivity index (χ0) is 6.24. The maximum absolute atomic E-state index is 8.31. The molecule has 0 aliphatic heterocycles. The molecule has 2 heteroatoms. The number of aliphatic hydroxyl groups is 1. The Hall–Kier alpha value is -0.0800. The van der Waals surface area contributed by atoms with Crippen LogP contribution in [0.5, 0.6) is 0 Å². The number of hydrogen-bond donors (Lipinski definition) is 2. The van der Waals surface area contributed by atoms with Gasteiger partial charge < -0.3 is 10.4 Å². The first-order valence-corrected chi connectivity index (χ1v) is 3.02. The van der Waals surface area contributed by atoms with E-state index in [0.717, 1.165) is 25.9 Å². The summed E-state index contributed by atoms with van der Waals surface area (Å²) in [5, 5.41) is 11.4. The molecule has 0 atom stereocenters. The van der Waals surface area contributed by atoms with E-state index in [1.54, 1.807) is 0 Å². The topological polar surface area (TPSA) is 32.3 Å². The van der Waals surface area contributed by atoms with E-state index in [-0.39, 0.29) is 6.61 Å². The van der Waals surface area contributed by atoms with Crippen molar-refractivity contribution in [3.8, 4) is 0 Å². The van der Waals surface area contributed by atoms with Crippen LogP contribution in [-0.2, 0) is 0 Å². The molecule has 0 rings (SSSR count). The van der Waals surface area contributed by atoms with Gasteiger partial charge in [0.1, 0.15) is 0 Å². The van der Waals surface area contributed by atoms with Crippen molar-refractivity contribution in [2.24, 2.45) is 0 Å². The molecule has 0 heterocycles. The van der Waals surface area contributed by atoms with Gasteiger partial charge >= 0.3 is 0 Å². The Morgan fingerprint density at radius 2 is 2.12 bits per heavy atom. The van der Waals surface area contributed by atoms with Gasteiger partial charge in [0.25, 0.3) is 0 Å². The molecule has 0 aliphatic rings. The van der Waals surface area contributed by atoms with Crippen LogP contribution in [0.15, 0.2) is 0 Å². The molecule has 1 radical (unpaired) electrons. The van der Waals surface area contributed by atoms with Crippen LogP contribution in [0.1, 0.15) is 12.8 Å². The summed E-state index contributed by atoms with van der Waals surface area (Å²) in [4.78, 5) is 0. The minimum Gasteiger partial charge on any atom is -0.396 e. The van der Waals surface area contributed by atoms with Crippen molar-refractivity contribution < 1.29 is 5.11 Å². The molecule has 8 heavy (non-hydrogen) atoms. The van der Waals surface area contributed by atoms with Crippen LogP contribution >= 0.6 is 0 Å². The molecule has 0 unspecified atom stereocenters. The fourth-order valence-electron chi connectivity index (χ4n) is 0.454. The predicted octanol–water partition coefficient (Wildman–Crippen LogP) is 0.183. The van der Waals surface area contributed by atoms with Gasteiger partial charge in [0.15, 0.2) is 0 Å². The van der Waals surface area contributed by atoms with Crippen molar-refractivity contribution in [2.45, 2.75) is 12.8 Å². The first kappa shape index (κ1) is 7.92. The molecule has 2 N–H and O–H groups in total. The fourth-order valence-corrected chi connectivity index (χ4v) is 0.454. The lowest BCUT2D eigenvalue weighted by atomic mass is 10.4. The Labute approximate surface area is 50.9 Å². The molecule has 0 saturated heterocycles. The lowest BCUT2D eigenvalue weighted by Crippen LogP contribution is -2.16. The second-order valence-electron chi connectivity index (χ2n) is 1.68. The molecule has 0 amide bonds. The number of hydrogen-bond acceptors (Lipinski definition) is 2. The summed E-state index contributed by atoms with van der Waals surface area (Å²) in [6.45, 7) is 5.81. The van der Waals surface area contributed by atoms with E-state index in [2.05, 4.69) is 12.2 Å². The average molecular weight is 116 g/mol.